The molecule has 1 unspecified atom stereocenters. The van der Waals surface area contributed by atoms with Crippen molar-refractivity contribution in [3.63, 3.8) is 0 Å². The van der Waals surface area contributed by atoms with Gasteiger partial charge in [-0.3, -0.25) is 9.79 Å². The molecular formula is C22H39N5O. The van der Waals surface area contributed by atoms with E-state index in [4.69, 9.17) is 4.99 Å². The molecule has 1 amide bonds. The fraction of sp³-hybridized carbons (Fsp3) is 0.636. The molecule has 28 heavy (non-hydrogen) atoms. The zero-order valence-corrected chi connectivity index (χ0v) is 18.3. The summed E-state index contributed by atoms with van der Waals surface area (Å²) in [7, 11) is 1.65. The van der Waals surface area contributed by atoms with Gasteiger partial charge in [0.05, 0.1) is 0 Å². The minimum absolute atomic E-state index is 0.0566. The lowest BCUT2D eigenvalue weighted by Crippen LogP contribution is -2.42. The van der Waals surface area contributed by atoms with E-state index in [1.54, 1.807) is 7.05 Å². The van der Waals surface area contributed by atoms with E-state index in [1.807, 2.05) is 24.3 Å². The lowest BCUT2D eigenvalue weighted by Gasteiger charge is -2.21. The standard InChI is InChI=1S/C22H39N5O/c1-6-24-22(26-18(4)11-10-16-27(7-2)8-3)25-15-14-19-12-9-13-20(17-19)21(28)23-5/h9,12-13,17-18H,6-8,10-11,14-16H2,1-5H3,(H,23,28)(H2,24,25,26). The topological polar surface area (TPSA) is 68.8 Å². The Kier molecular flexibility index (Phi) is 12.0. The van der Waals surface area contributed by atoms with E-state index in [2.05, 4.69) is 48.5 Å². The lowest BCUT2D eigenvalue weighted by molar-refractivity contribution is 0.0963. The molecule has 1 atom stereocenters. The van der Waals surface area contributed by atoms with Gasteiger partial charge in [0.25, 0.3) is 5.91 Å². The van der Waals surface area contributed by atoms with E-state index in [0.717, 1.165) is 50.5 Å². The van der Waals surface area contributed by atoms with Gasteiger partial charge in [-0.05, 0) is 70.4 Å². The van der Waals surface area contributed by atoms with Crippen molar-refractivity contribution < 1.29 is 4.79 Å². The Morgan fingerprint density at radius 3 is 2.61 bits per heavy atom. The Labute approximate surface area is 171 Å². The van der Waals surface area contributed by atoms with Crippen LogP contribution in [0.5, 0.6) is 0 Å². The molecule has 1 rings (SSSR count). The number of nitrogens with one attached hydrogen (secondary N) is 3. The molecule has 0 spiro atoms. The summed E-state index contributed by atoms with van der Waals surface area (Å²) in [6.45, 7) is 13.6. The maximum absolute atomic E-state index is 11.8. The van der Waals surface area contributed by atoms with Gasteiger partial charge in [0.15, 0.2) is 5.96 Å². The first-order chi connectivity index (χ1) is 13.5. The fourth-order valence-corrected chi connectivity index (χ4v) is 3.10. The van der Waals surface area contributed by atoms with Crippen LogP contribution in [0.1, 0.15) is 56.5 Å². The van der Waals surface area contributed by atoms with E-state index in [1.165, 1.54) is 6.42 Å². The molecule has 0 bridgehead atoms. The third-order valence-electron chi connectivity index (χ3n) is 4.82. The van der Waals surface area contributed by atoms with Gasteiger partial charge in [0.1, 0.15) is 0 Å². The van der Waals surface area contributed by atoms with Crippen molar-refractivity contribution in [2.45, 2.75) is 53.0 Å². The summed E-state index contributed by atoms with van der Waals surface area (Å²) < 4.78 is 0. The van der Waals surface area contributed by atoms with Crippen LogP contribution >= 0.6 is 0 Å². The van der Waals surface area contributed by atoms with Crippen molar-refractivity contribution >= 4 is 11.9 Å². The number of carbonyl (C=O) groups is 1. The number of nitrogens with zero attached hydrogens (tertiary/aromatic N) is 2. The van der Waals surface area contributed by atoms with Crippen LogP contribution in [0.15, 0.2) is 29.3 Å². The van der Waals surface area contributed by atoms with Crippen LogP contribution in [0, 0.1) is 0 Å². The van der Waals surface area contributed by atoms with Crippen LogP contribution in [0.2, 0.25) is 0 Å². The maximum Gasteiger partial charge on any atom is 0.251 e. The number of hydrogen-bond acceptors (Lipinski definition) is 3. The zero-order chi connectivity index (χ0) is 20.8. The molecule has 0 saturated heterocycles. The van der Waals surface area contributed by atoms with Crippen molar-refractivity contribution in [1.82, 2.24) is 20.9 Å². The Bertz CT molecular complexity index is 598. The average Bonchev–Trinajstić information content (AvgIpc) is 2.71. The third-order valence-corrected chi connectivity index (χ3v) is 4.82. The normalized spacial score (nSPS) is 12.7. The minimum atomic E-state index is -0.0566. The van der Waals surface area contributed by atoms with Gasteiger partial charge in [-0.15, -0.1) is 0 Å². The quantitative estimate of drug-likeness (QED) is 0.380. The first kappa shape index (κ1) is 24.0. The van der Waals surface area contributed by atoms with E-state index < -0.39 is 0 Å². The molecule has 0 aliphatic heterocycles. The second-order valence-corrected chi connectivity index (χ2v) is 7.00. The highest BCUT2D eigenvalue weighted by atomic mass is 16.1. The van der Waals surface area contributed by atoms with Gasteiger partial charge in [-0.1, -0.05) is 26.0 Å². The lowest BCUT2D eigenvalue weighted by atomic mass is 10.1. The summed E-state index contributed by atoms with van der Waals surface area (Å²) in [4.78, 5) is 18.9. The number of hydrogen-bond donors (Lipinski definition) is 3. The maximum atomic E-state index is 11.8. The molecule has 0 radical (unpaired) electrons. The molecule has 3 N–H and O–H groups in total. The molecule has 0 aromatic heterocycles. The van der Waals surface area contributed by atoms with Crippen molar-refractivity contribution in [3.8, 4) is 0 Å². The van der Waals surface area contributed by atoms with Gasteiger partial charge >= 0.3 is 0 Å². The van der Waals surface area contributed by atoms with E-state index in [0.29, 0.717) is 18.2 Å². The number of rotatable bonds is 12. The minimum Gasteiger partial charge on any atom is -0.357 e. The van der Waals surface area contributed by atoms with Crippen molar-refractivity contribution in [3.05, 3.63) is 35.4 Å². The molecule has 6 nitrogen and oxygen atoms in total. The fourth-order valence-electron chi connectivity index (χ4n) is 3.10. The summed E-state index contributed by atoms with van der Waals surface area (Å²) in [5, 5.41) is 9.50. The molecule has 0 aliphatic carbocycles. The van der Waals surface area contributed by atoms with Crippen LogP contribution in [-0.2, 0) is 6.42 Å². The Hall–Kier alpha value is -2.08. The molecule has 1 aromatic carbocycles. The SMILES string of the molecule is CCNC(=NCCc1cccc(C(=O)NC)c1)NC(C)CCCN(CC)CC. The predicted octanol–water partition coefficient (Wildman–Crippen LogP) is 2.65. The van der Waals surface area contributed by atoms with Gasteiger partial charge in [0, 0.05) is 31.7 Å². The number of guanidine groups is 1. The van der Waals surface area contributed by atoms with Gasteiger partial charge in [-0.25, -0.2) is 0 Å². The Morgan fingerprint density at radius 1 is 1.21 bits per heavy atom. The number of aliphatic imine (C=N–C) groups is 1. The Morgan fingerprint density at radius 2 is 1.96 bits per heavy atom. The molecular weight excluding hydrogens is 350 g/mol. The highest BCUT2D eigenvalue weighted by molar-refractivity contribution is 5.94. The summed E-state index contributed by atoms with van der Waals surface area (Å²) in [5.74, 6) is 0.805. The van der Waals surface area contributed by atoms with E-state index in [-0.39, 0.29) is 5.91 Å². The Balaban J connectivity index is 2.51. The highest BCUT2D eigenvalue weighted by Gasteiger charge is 2.07. The number of benzene rings is 1. The molecule has 0 heterocycles. The monoisotopic (exact) mass is 389 g/mol. The van der Waals surface area contributed by atoms with Crippen LogP contribution in [-0.4, -0.2) is 62.6 Å². The van der Waals surface area contributed by atoms with E-state index >= 15 is 0 Å². The van der Waals surface area contributed by atoms with Crippen molar-refractivity contribution in [1.29, 1.82) is 0 Å². The van der Waals surface area contributed by atoms with Gasteiger partial charge < -0.3 is 20.9 Å². The van der Waals surface area contributed by atoms with Gasteiger partial charge in [-0.2, -0.15) is 0 Å². The molecule has 158 valence electrons. The first-order valence-corrected chi connectivity index (χ1v) is 10.6. The molecule has 0 fully saturated rings. The van der Waals surface area contributed by atoms with E-state index in [9.17, 15) is 4.79 Å². The second-order valence-electron chi connectivity index (χ2n) is 7.00. The van der Waals surface area contributed by atoms with Gasteiger partial charge in [0.2, 0.25) is 0 Å². The van der Waals surface area contributed by atoms with Crippen LogP contribution in [0.25, 0.3) is 0 Å². The molecule has 6 heteroatoms. The summed E-state index contributed by atoms with van der Waals surface area (Å²) in [5.41, 5.74) is 1.81. The molecule has 1 aromatic rings. The van der Waals surface area contributed by atoms with Crippen LogP contribution in [0.4, 0.5) is 0 Å². The number of amides is 1. The predicted molar refractivity (Wildman–Crippen MR) is 119 cm³/mol. The van der Waals surface area contributed by atoms with Crippen LogP contribution in [0.3, 0.4) is 0 Å². The summed E-state index contributed by atoms with van der Waals surface area (Å²) >= 11 is 0. The summed E-state index contributed by atoms with van der Waals surface area (Å²) in [6, 6.07) is 8.11. The average molecular weight is 390 g/mol. The largest absolute Gasteiger partial charge is 0.357 e. The van der Waals surface area contributed by atoms with Crippen molar-refractivity contribution in [2.24, 2.45) is 4.99 Å². The first-order valence-electron chi connectivity index (χ1n) is 10.6. The third kappa shape index (κ3) is 9.22. The summed E-state index contributed by atoms with van der Waals surface area (Å²) in [6.07, 6.45) is 3.11. The molecule has 0 aliphatic rings. The highest BCUT2D eigenvalue weighted by Crippen LogP contribution is 2.06. The number of carbonyl (C=O) groups excluding carboxylic acids is 1. The smallest absolute Gasteiger partial charge is 0.251 e. The second kappa shape index (κ2) is 14.0. The van der Waals surface area contributed by atoms with Crippen molar-refractivity contribution in [2.75, 3.05) is 39.8 Å². The van der Waals surface area contributed by atoms with Crippen LogP contribution < -0.4 is 16.0 Å². The zero-order valence-electron chi connectivity index (χ0n) is 18.3. The molecule has 0 saturated carbocycles.